The molecule has 1 atom stereocenters. The highest BCUT2D eigenvalue weighted by Gasteiger charge is 2.36. The fraction of sp³-hybridized carbons (Fsp3) is 0.308. The molecule has 32 heavy (non-hydrogen) atoms. The minimum absolute atomic E-state index is 0.0926. The quantitative estimate of drug-likeness (QED) is 0.595. The van der Waals surface area contributed by atoms with Gasteiger partial charge in [0.1, 0.15) is 17.4 Å². The van der Waals surface area contributed by atoms with Crippen molar-refractivity contribution in [3.63, 3.8) is 0 Å². The summed E-state index contributed by atoms with van der Waals surface area (Å²) in [5.41, 5.74) is 12.5. The summed E-state index contributed by atoms with van der Waals surface area (Å²) in [7, 11) is 0. The second-order valence-corrected chi connectivity index (χ2v) is 8.65. The molecule has 0 radical (unpaired) electrons. The topological polar surface area (TPSA) is 97.0 Å². The fourth-order valence-electron chi connectivity index (χ4n) is 4.82. The van der Waals surface area contributed by atoms with E-state index < -0.39 is 0 Å². The van der Waals surface area contributed by atoms with Gasteiger partial charge in [-0.05, 0) is 62.8 Å². The number of nitrogens with one attached hydrogen (secondary N) is 1. The Morgan fingerprint density at radius 3 is 2.56 bits per heavy atom. The number of aryl methyl sites for hydroxylation is 2. The molecule has 1 aromatic heterocycles. The lowest BCUT2D eigenvalue weighted by atomic mass is 9.82. The van der Waals surface area contributed by atoms with E-state index in [1.54, 1.807) is 0 Å². The van der Waals surface area contributed by atoms with Crippen molar-refractivity contribution in [1.82, 2.24) is 10.2 Å². The zero-order chi connectivity index (χ0) is 22.2. The van der Waals surface area contributed by atoms with Crippen LogP contribution in [0, 0.1) is 25.2 Å². The Morgan fingerprint density at radius 2 is 1.88 bits per heavy atom. The van der Waals surface area contributed by atoms with E-state index in [1.165, 1.54) is 18.4 Å². The number of benzene rings is 2. The minimum atomic E-state index is -0.376. The number of hydrogen-bond acceptors (Lipinski definition) is 5. The predicted molar refractivity (Wildman–Crippen MR) is 122 cm³/mol. The number of hydrogen-bond donors (Lipinski definition) is 2. The highest BCUT2D eigenvalue weighted by atomic mass is 16.5. The van der Waals surface area contributed by atoms with Gasteiger partial charge in [-0.3, -0.25) is 5.10 Å². The summed E-state index contributed by atoms with van der Waals surface area (Å²) < 4.78 is 11.9. The van der Waals surface area contributed by atoms with Crippen LogP contribution in [0.4, 0.5) is 0 Å². The van der Waals surface area contributed by atoms with Crippen LogP contribution in [-0.2, 0) is 0 Å². The van der Waals surface area contributed by atoms with Crippen LogP contribution in [0.2, 0.25) is 0 Å². The Bertz CT molecular complexity index is 1230. The maximum Gasteiger partial charge on any atom is 0.244 e. The molecule has 2 aliphatic rings. The van der Waals surface area contributed by atoms with E-state index in [-0.39, 0.29) is 11.8 Å². The van der Waals surface area contributed by atoms with Gasteiger partial charge in [-0.2, -0.15) is 5.26 Å². The third-order valence-electron chi connectivity index (χ3n) is 6.41. The highest BCUT2D eigenvalue weighted by molar-refractivity contribution is 5.73. The van der Waals surface area contributed by atoms with Gasteiger partial charge in [0.15, 0.2) is 0 Å². The number of nitriles is 1. The molecule has 2 aromatic carbocycles. The molecule has 6 nitrogen and oxygen atoms in total. The molecule has 162 valence electrons. The summed E-state index contributed by atoms with van der Waals surface area (Å²) in [6, 6.07) is 16.5. The molecule has 1 saturated carbocycles. The molecular formula is C26H26N4O2. The number of ether oxygens (including phenoxy) is 2. The van der Waals surface area contributed by atoms with Gasteiger partial charge in [-0.25, -0.2) is 0 Å². The highest BCUT2D eigenvalue weighted by Crippen LogP contribution is 2.46. The van der Waals surface area contributed by atoms with E-state index in [0.29, 0.717) is 17.6 Å². The van der Waals surface area contributed by atoms with Crippen molar-refractivity contribution in [3.8, 4) is 29.0 Å². The van der Waals surface area contributed by atoms with Gasteiger partial charge in [0.25, 0.3) is 0 Å². The van der Waals surface area contributed by atoms with Crippen LogP contribution in [0.25, 0.3) is 11.3 Å². The first kappa shape index (κ1) is 20.2. The van der Waals surface area contributed by atoms with Crippen LogP contribution in [0.15, 0.2) is 53.9 Å². The standard InChI is InChI=1S/C26H26N4O2/c1-15-7-12-20(16(2)13-15)24-23-22(21(14-27)25(28)32-26(23)30-29-24)17-8-10-19(11-9-17)31-18-5-3-4-6-18/h7-13,18,22H,3-6,28H2,1-2H3,(H,29,30)/t22-/m1/s1. The summed E-state index contributed by atoms with van der Waals surface area (Å²) >= 11 is 0. The first-order valence-electron chi connectivity index (χ1n) is 11.0. The Labute approximate surface area is 187 Å². The van der Waals surface area contributed by atoms with Gasteiger partial charge >= 0.3 is 0 Å². The fourth-order valence-corrected chi connectivity index (χ4v) is 4.82. The van der Waals surface area contributed by atoms with E-state index in [4.69, 9.17) is 15.2 Å². The molecule has 0 saturated heterocycles. The number of rotatable bonds is 4. The first-order valence-corrected chi connectivity index (χ1v) is 11.0. The Hall–Kier alpha value is -3.72. The lowest BCUT2D eigenvalue weighted by Gasteiger charge is -2.24. The SMILES string of the molecule is Cc1ccc(-c2[nH]nc3c2[C@H](c2ccc(OC4CCCC4)cc2)C(C#N)=C(N)O3)c(C)c1. The number of nitrogens with zero attached hydrogens (tertiary/aromatic N) is 2. The monoisotopic (exact) mass is 426 g/mol. The first-order chi connectivity index (χ1) is 15.5. The maximum atomic E-state index is 9.93. The normalized spacial score (nSPS) is 18.2. The number of H-pyrrole nitrogens is 1. The van der Waals surface area contributed by atoms with Crippen LogP contribution < -0.4 is 15.2 Å². The number of fused-ring (bicyclic) bond motifs is 1. The molecule has 3 aromatic rings. The van der Waals surface area contributed by atoms with Crippen molar-refractivity contribution in [2.75, 3.05) is 0 Å². The Kier molecular flexibility index (Phi) is 5.10. The number of aromatic nitrogens is 2. The van der Waals surface area contributed by atoms with Gasteiger partial charge in [-0.1, -0.05) is 35.9 Å². The van der Waals surface area contributed by atoms with Crippen LogP contribution >= 0.6 is 0 Å². The summed E-state index contributed by atoms with van der Waals surface area (Å²) in [6.45, 7) is 4.14. The predicted octanol–water partition coefficient (Wildman–Crippen LogP) is 5.23. The number of aromatic amines is 1. The van der Waals surface area contributed by atoms with Crippen LogP contribution in [0.1, 0.15) is 53.9 Å². The largest absolute Gasteiger partial charge is 0.490 e. The minimum Gasteiger partial charge on any atom is -0.490 e. The van der Waals surface area contributed by atoms with E-state index in [2.05, 4.69) is 48.3 Å². The van der Waals surface area contributed by atoms with E-state index >= 15 is 0 Å². The lowest BCUT2D eigenvalue weighted by molar-refractivity contribution is 0.210. The number of nitrogens with two attached hydrogens (primary N) is 1. The Morgan fingerprint density at radius 1 is 1.12 bits per heavy atom. The molecule has 0 bridgehead atoms. The van der Waals surface area contributed by atoms with Crippen molar-refractivity contribution >= 4 is 0 Å². The van der Waals surface area contributed by atoms with Crippen molar-refractivity contribution in [2.45, 2.75) is 51.6 Å². The van der Waals surface area contributed by atoms with Crippen molar-refractivity contribution < 1.29 is 9.47 Å². The molecule has 6 heteroatoms. The van der Waals surface area contributed by atoms with Gasteiger partial charge in [0.05, 0.1) is 23.3 Å². The smallest absolute Gasteiger partial charge is 0.244 e. The zero-order valence-corrected chi connectivity index (χ0v) is 18.3. The second kappa shape index (κ2) is 8.08. The maximum absolute atomic E-state index is 9.93. The molecule has 1 aliphatic carbocycles. The average Bonchev–Trinajstić information content (AvgIpc) is 3.43. The number of allylic oxidation sites excluding steroid dienone is 1. The molecular weight excluding hydrogens is 400 g/mol. The van der Waals surface area contributed by atoms with Crippen molar-refractivity contribution in [2.24, 2.45) is 5.73 Å². The molecule has 2 heterocycles. The van der Waals surface area contributed by atoms with Crippen molar-refractivity contribution in [1.29, 1.82) is 5.26 Å². The van der Waals surface area contributed by atoms with Crippen LogP contribution in [-0.4, -0.2) is 16.3 Å². The van der Waals surface area contributed by atoms with Gasteiger partial charge < -0.3 is 15.2 Å². The molecule has 3 N–H and O–H groups in total. The summed E-state index contributed by atoms with van der Waals surface area (Å²) in [6.07, 6.45) is 4.97. The van der Waals surface area contributed by atoms with Crippen LogP contribution in [0.5, 0.6) is 11.6 Å². The zero-order valence-electron chi connectivity index (χ0n) is 18.3. The summed E-state index contributed by atoms with van der Waals surface area (Å²) in [4.78, 5) is 0. The lowest BCUT2D eigenvalue weighted by Crippen LogP contribution is -2.21. The van der Waals surface area contributed by atoms with E-state index in [9.17, 15) is 5.26 Å². The molecule has 0 amide bonds. The Balaban J connectivity index is 1.57. The second-order valence-electron chi connectivity index (χ2n) is 8.65. The molecule has 1 aliphatic heterocycles. The van der Waals surface area contributed by atoms with Gasteiger partial charge in [-0.15, -0.1) is 5.10 Å². The van der Waals surface area contributed by atoms with Crippen LogP contribution in [0.3, 0.4) is 0 Å². The third kappa shape index (κ3) is 3.50. The molecule has 1 fully saturated rings. The van der Waals surface area contributed by atoms with Gasteiger partial charge in [0.2, 0.25) is 11.8 Å². The van der Waals surface area contributed by atoms with E-state index in [1.807, 2.05) is 24.3 Å². The average molecular weight is 427 g/mol. The third-order valence-corrected chi connectivity index (χ3v) is 6.41. The summed E-state index contributed by atoms with van der Waals surface area (Å²) in [5, 5.41) is 17.4. The van der Waals surface area contributed by atoms with Gasteiger partial charge in [0, 0.05) is 5.56 Å². The molecule has 5 rings (SSSR count). The molecule has 0 unspecified atom stereocenters. The molecule has 0 spiro atoms. The van der Waals surface area contributed by atoms with E-state index in [0.717, 1.165) is 46.5 Å². The summed E-state index contributed by atoms with van der Waals surface area (Å²) in [5.74, 6) is 0.978. The van der Waals surface area contributed by atoms with Crippen molar-refractivity contribution in [3.05, 3.63) is 76.2 Å².